The molecular weight excluding hydrogens is 354 g/mol. The van der Waals surface area contributed by atoms with Crippen molar-refractivity contribution in [2.24, 2.45) is 0 Å². The van der Waals surface area contributed by atoms with Gasteiger partial charge in [-0.2, -0.15) is 4.31 Å². The van der Waals surface area contributed by atoms with Gasteiger partial charge in [-0.15, -0.1) is 0 Å². The molecule has 0 N–H and O–H groups in total. The molecule has 0 bridgehead atoms. The van der Waals surface area contributed by atoms with Gasteiger partial charge in [-0.3, -0.25) is 0 Å². The van der Waals surface area contributed by atoms with Gasteiger partial charge in [-0.25, -0.2) is 8.42 Å². The first-order valence-electron chi connectivity index (χ1n) is 8.96. The number of nitrogens with zero attached hydrogens (tertiary/aromatic N) is 1. The largest absolute Gasteiger partial charge is 0.244 e. The lowest BCUT2D eigenvalue weighted by Gasteiger charge is -2.07. The zero-order valence-electron chi connectivity index (χ0n) is 15.1. The molecule has 0 aliphatic carbocycles. The maximum Gasteiger partial charge on any atom is 0.244 e. The van der Waals surface area contributed by atoms with Crippen LogP contribution in [0.25, 0.3) is 6.08 Å². The summed E-state index contributed by atoms with van der Waals surface area (Å²) in [6, 6.07) is 26.4. The van der Waals surface area contributed by atoms with Crippen LogP contribution in [0.5, 0.6) is 0 Å². The smallest absolute Gasteiger partial charge is 0.207 e. The van der Waals surface area contributed by atoms with E-state index in [1.54, 1.807) is 16.4 Å². The summed E-state index contributed by atoms with van der Waals surface area (Å²) in [7, 11) is -3.55. The van der Waals surface area contributed by atoms with E-state index in [4.69, 9.17) is 0 Å². The van der Waals surface area contributed by atoms with E-state index >= 15 is 0 Å². The number of sulfonamides is 1. The van der Waals surface area contributed by atoms with Crippen molar-refractivity contribution in [2.75, 3.05) is 0 Å². The van der Waals surface area contributed by atoms with Crippen molar-refractivity contribution >= 4 is 16.1 Å². The summed E-state index contributed by atoms with van der Waals surface area (Å²) in [5, 5.41) is 0. The minimum Gasteiger partial charge on any atom is -0.207 e. The Bertz CT molecular complexity index is 1040. The van der Waals surface area contributed by atoms with Gasteiger partial charge in [0.05, 0.1) is 17.0 Å². The third kappa shape index (κ3) is 3.59. The fraction of sp³-hybridized carbons (Fsp3) is 0.130. The molecule has 1 saturated heterocycles. The molecule has 1 heterocycles. The minimum absolute atomic E-state index is 0.169. The van der Waals surface area contributed by atoms with E-state index in [9.17, 15) is 8.42 Å². The Morgan fingerprint density at radius 3 is 2.04 bits per heavy atom. The molecule has 3 aromatic carbocycles. The van der Waals surface area contributed by atoms with Crippen LogP contribution in [0.2, 0.25) is 0 Å². The molecule has 27 heavy (non-hydrogen) atoms. The van der Waals surface area contributed by atoms with Crippen LogP contribution in [0.3, 0.4) is 0 Å². The van der Waals surface area contributed by atoms with Crippen molar-refractivity contribution in [1.29, 1.82) is 0 Å². The quantitative estimate of drug-likeness (QED) is 0.600. The average molecular weight is 375 g/mol. The van der Waals surface area contributed by atoms with Gasteiger partial charge in [0, 0.05) is 0 Å². The zero-order valence-corrected chi connectivity index (χ0v) is 15.9. The highest BCUT2D eigenvalue weighted by Crippen LogP contribution is 2.48. The van der Waals surface area contributed by atoms with Crippen LogP contribution in [-0.4, -0.2) is 18.8 Å². The van der Waals surface area contributed by atoms with Crippen LogP contribution < -0.4 is 0 Å². The normalized spacial score (nSPS) is 22.0. The Kier molecular flexibility index (Phi) is 4.68. The second kappa shape index (κ2) is 7.14. The molecule has 136 valence electrons. The first kappa shape index (κ1) is 17.7. The third-order valence-corrected chi connectivity index (χ3v) is 6.72. The first-order valence-corrected chi connectivity index (χ1v) is 10.4. The van der Waals surface area contributed by atoms with E-state index in [1.165, 1.54) is 0 Å². The van der Waals surface area contributed by atoms with Gasteiger partial charge < -0.3 is 0 Å². The van der Waals surface area contributed by atoms with Crippen LogP contribution in [0.4, 0.5) is 0 Å². The van der Waals surface area contributed by atoms with Crippen molar-refractivity contribution in [2.45, 2.75) is 23.9 Å². The van der Waals surface area contributed by atoms with Crippen molar-refractivity contribution in [1.82, 2.24) is 4.31 Å². The summed E-state index contributed by atoms with van der Waals surface area (Å²) in [5.41, 5.74) is 3.11. The summed E-state index contributed by atoms with van der Waals surface area (Å²) in [6.45, 7) is 1.95. The topological polar surface area (TPSA) is 37.1 Å². The van der Waals surface area contributed by atoms with Gasteiger partial charge in [0.15, 0.2) is 0 Å². The number of hydrogen-bond donors (Lipinski definition) is 0. The van der Waals surface area contributed by atoms with Crippen LogP contribution >= 0.6 is 0 Å². The van der Waals surface area contributed by atoms with Crippen molar-refractivity contribution < 1.29 is 8.42 Å². The summed E-state index contributed by atoms with van der Waals surface area (Å²) < 4.78 is 28.0. The van der Waals surface area contributed by atoms with Crippen molar-refractivity contribution in [3.05, 3.63) is 108 Å². The molecule has 3 aromatic rings. The van der Waals surface area contributed by atoms with Gasteiger partial charge in [0.25, 0.3) is 0 Å². The lowest BCUT2D eigenvalue weighted by molar-refractivity contribution is 0.550. The monoisotopic (exact) mass is 375 g/mol. The van der Waals surface area contributed by atoms with Crippen LogP contribution in [0, 0.1) is 6.92 Å². The molecule has 0 spiro atoms. The van der Waals surface area contributed by atoms with E-state index < -0.39 is 10.0 Å². The van der Waals surface area contributed by atoms with Gasteiger partial charge in [0.2, 0.25) is 10.0 Å². The predicted molar refractivity (Wildman–Crippen MR) is 109 cm³/mol. The Balaban J connectivity index is 1.68. The van der Waals surface area contributed by atoms with Gasteiger partial charge in [-0.1, -0.05) is 90.5 Å². The molecule has 4 rings (SSSR count). The summed E-state index contributed by atoms with van der Waals surface area (Å²) in [5.74, 6) is 0. The molecule has 1 fully saturated rings. The highest BCUT2D eigenvalue weighted by Gasteiger charge is 2.54. The van der Waals surface area contributed by atoms with Crippen molar-refractivity contribution in [3.8, 4) is 0 Å². The Morgan fingerprint density at radius 2 is 1.41 bits per heavy atom. The Hall–Kier alpha value is -2.69. The fourth-order valence-corrected chi connectivity index (χ4v) is 5.05. The molecule has 0 radical (unpaired) electrons. The van der Waals surface area contributed by atoms with E-state index in [1.807, 2.05) is 91.9 Å². The van der Waals surface area contributed by atoms with Crippen LogP contribution in [0.15, 0.2) is 95.9 Å². The zero-order chi connectivity index (χ0) is 18.9. The molecule has 3 atom stereocenters. The molecule has 1 unspecified atom stereocenters. The average Bonchev–Trinajstić information content (AvgIpc) is 3.44. The van der Waals surface area contributed by atoms with E-state index in [2.05, 4.69) is 0 Å². The fourth-order valence-electron chi connectivity index (χ4n) is 3.33. The third-order valence-electron chi connectivity index (χ3n) is 4.82. The van der Waals surface area contributed by atoms with E-state index in [0.717, 1.165) is 16.7 Å². The summed E-state index contributed by atoms with van der Waals surface area (Å²) in [6.07, 6.45) is 3.98. The number of hydrogen-bond acceptors (Lipinski definition) is 2. The molecule has 1 aliphatic heterocycles. The standard InChI is InChI=1S/C23H21NO2S/c1-18-12-15-21(16-13-18)27(25,26)24-22(17-14-19-8-4-2-5-9-19)23(24)20-10-6-3-7-11-20/h2-17,22-23H,1H3/b17-14+/t22-,23+,24?/m1/s1. The molecule has 3 nitrogen and oxygen atoms in total. The molecule has 0 saturated carbocycles. The maximum atomic E-state index is 13.2. The van der Waals surface area contributed by atoms with Gasteiger partial charge >= 0.3 is 0 Å². The van der Waals surface area contributed by atoms with Crippen LogP contribution in [0.1, 0.15) is 22.7 Å². The first-order chi connectivity index (χ1) is 13.1. The molecular formula is C23H21NO2S. The second-order valence-corrected chi connectivity index (χ2v) is 8.61. The Morgan fingerprint density at radius 1 is 0.815 bits per heavy atom. The number of rotatable bonds is 5. The molecule has 1 aliphatic rings. The predicted octanol–water partition coefficient (Wildman–Crippen LogP) is 4.82. The molecule has 0 aromatic heterocycles. The lowest BCUT2D eigenvalue weighted by atomic mass is 10.1. The number of aryl methyl sites for hydroxylation is 1. The number of benzene rings is 3. The SMILES string of the molecule is Cc1ccc(S(=O)(=O)N2[C@H](/C=C/c3ccccc3)[C@@H]2c2ccccc2)cc1. The van der Waals surface area contributed by atoms with Crippen LogP contribution in [-0.2, 0) is 10.0 Å². The summed E-state index contributed by atoms with van der Waals surface area (Å²) in [4.78, 5) is 0.338. The van der Waals surface area contributed by atoms with Gasteiger partial charge in [-0.05, 0) is 30.2 Å². The van der Waals surface area contributed by atoms with Crippen molar-refractivity contribution in [3.63, 3.8) is 0 Å². The molecule has 0 amide bonds. The minimum atomic E-state index is -3.55. The Labute approximate surface area is 160 Å². The highest BCUT2D eigenvalue weighted by atomic mass is 32.2. The van der Waals surface area contributed by atoms with E-state index in [-0.39, 0.29) is 12.1 Å². The lowest BCUT2D eigenvalue weighted by Crippen LogP contribution is -2.14. The molecule has 4 heteroatoms. The second-order valence-electron chi connectivity index (χ2n) is 6.76. The van der Waals surface area contributed by atoms with E-state index in [0.29, 0.717) is 4.90 Å². The highest BCUT2D eigenvalue weighted by molar-refractivity contribution is 7.89. The van der Waals surface area contributed by atoms with Gasteiger partial charge in [0.1, 0.15) is 0 Å². The summed E-state index contributed by atoms with van der Waals surface area (Å²) >= 11 is 0. The maximum absolute atomic E-state index is 13.2.